The number of hydrogen-bond acceptors (Lipinski definition) is 0. The molecule has 14 heteroatoms. The van der Waals surface area contributed by atoms with E-state index in [1.54, 1.807) is 0 Å². The molecule has 0 radical (unpaired) electrons. The number of rotatable bonds is 0. The summed E-state index contributed by atoms with van der Waals surface area (Å²) in [5.41, 5.74) is 0. The zero-order valence-electron chi connectivity index (χ0n) is 5.62. The molecule has 0 heterocycles. The van der Waals surface area contributed by atoms with Crippen LogP contribution in [0.4, 0.5) is 0 Å². The molecule has 0 aromatic carbocycles. The summed E-state index contributed by atoms with van der Waals surface area (Å²) >= 11 is 0. The fraction of sp³-hybridized carbons (Fsp3) is 0. The molecule has 0 atom stereocenters. The minimum absolute atomic E-state index is 0. The molecule has 12 N–H and O–H groups in total. The molecule has 0 unspecified atom stereocenters. The van der Waals surface area contributed by atoms with Gasteiger partial charge >= 0.3 is 94.0 Å². The predicted octanol–water partition coefficient (Wildman–Crippen LogP) is -1.46. The molecule has 0 rings (SSSR count). The van der Waals surface area contributed by atoms with Gasteiger partial charge in [-0.1, -0.05) is 0 Å². The Hall–Kier alpha value is 3.14. The summed E-state index contributed by atoms with van der Waals surface area (Å²) in [5.74, 6) is 0. The van der Waals surface area contributed by atoms with Crippen LogP contribution in [0.25, 0.3) is 0 Å². The molecule has 0 fully saturated rings. The van der Waals surface area contributed by atoms with Crippen LogP contribution in [0, 0.1) is 0 Å². The summed E-state index contributed by atoms with van der Waals surface area (Å²) in [6.45, 7) is -5.38. The van der Waals surface area contributed by atoms with Crippen molar-refractivity contribution in [2.75, 3.05) is 0 Å². The molecule has 14 heavy (non-hydrogen) atoms. The van der Waals surface area contributed by atoms with Gasteiger partial charge in [0.1, 0.15) is 0 Å². The quantitative estimate of drug-likeness (QED) is 0.328. The minimum atomic E-state index is -5.38. The Kier molecular flexibility index (Phi) is 42.9. The van der Waals surface area contributed by atoms with Gasteiger partial charge in [0, 0.05) is 0 Å². The average molecular weight is 535 g/mol. The van der Waals surface area contributed by atoms with Gasteiger partial charge in [-0.25, -0.2) is 0 Å². The Morgan fingerprint density at radius 3 is 0.429 bits per heavy atom. The van der Waals surface area contributed by atoms with Crippen molar-refractivity contribution in [3.63, 3.8) is 0 Å². The second-order valence-corrected chi connectivity index (χ2v) is 55.8. The summed E-state index contributed by atoms with van der Waals surface area (Å²) in [4.78, 5) is 0. The van der Waals surface area contributed by atoms with E-state index in [0.717, 1.165) is 0 Å². The van der Waals surface area contributed by atoms with Gasteiger partial charge in [-0.15, -0.1) is 0 Å². The summed E-state index contributed by atoms with van der Waals surface area (Å²) in [7, 11) is 30.4. The SMILES string of the molecule is O.O.O.O.O.O.[Cl][Os]([Cl])([Cl])([Cl])([Cl])[Cl].[NaH]. The van der Waals surface area contributed by atoms with Crippen LogP contribution in [-0.4, -0.2) is 62.4 Å². The molecule has 0 aliphatic heterocycles. The van der Waals surface area contributed by atoms with E-state index in [9.17, 15) is 0 Å². The molecular weight excluding hydrogens is 522 g/mol. The first-order valence-corrected chi connectivity index (χ1v) is 19.7. The molecule has 0 aliphatic carbocycles. The van der Waals surface area contributed by atoms with Gasteiger partial charge in [0.05, 0.1) is 0 Å². The molecule has 0 amide bonds. The molecule has 0 aromatic rings. The van der Waals surface area contributed by atoms with E-state index >= 15 is 0 Å². The van der Waals surface area contributed by atoms with Crippen LogP contribution >= 0.6 is 57.8 Å². The molecular formula is H13Cl6NaO6Os. The Balaban J connectivity index is -0.00000000857. The monoisotopic (exact) mass is 534 g/mol. The van der Waals surface area contributed by atoms with E-state index in [-0.39, 0.29) is 62.4 Å². The van der Waals surface area contributed by atoms with E-state index in [1.165, 1.54) is 0 Å². The fourth-order valence-corrected chi connectivity index (χ4v) is 0. The Morgan fingerprint density at radius 1 is 0.429 bits per heavy atom. The molecule has 0 aromatic heterocycles. The molecule has 0 saturated carbocycles. The van der Waals surface area contributed by atoms with Crippen molar-refractivity contribution in [3.8, 4) is 0 Å². The zero-order chi connectivity index (χ0) is 6.41. The average Bonchev–Trinajstić information content (AvgIpc) is 0.592. The van der Waals surface area contributed by atoms with Crippen molar-refractivity contribution in [1.29, 1.82) is 0 Å². The van der Waals surface area contributed by atoms with Crippen LogP contribution in [-0.2, 0) is 6.64 Å². The third kappa shape index (κ3) is 307. The Morgan fingerprint density at radius 2 is 0.429 bits per heavy atom. The van der Waals surface area contributed by atoms with Gasteiger partial charge in [-0.05, 0) is 0 Å². The van der Waals surface area contributed by atoms with Crippen molar-refractivity contribution in [2.24, 2.45) is 0 Å². The first kappa shape index (κ1) is 53.5. The number of halogens is 6. The first-order chi connectivity index (χ1) is 2.45. The maximum absolute atomic E-state index is 5.38. The van der Waals surface area contributed by atoms with Crippen molar-refractivity contribution in [2.45, 2.75) is 0 Å². The van der Waals surface area contributed by atoms with Crippen LogP contribution in [0.3, 0.4) is 0 Å². The summed E-state index contributed by atoms with van der Waals surface area (Å²) in [6, 6.07) is 0. The van der Waals surface area contributed by atoms with E-state index in [4.69, 9.17) is 57.8 Å². The standard InChI is InChI=1S/6ClH.Na.6H2O.Os.H/h6*1H;;6*1H2;;/q;;;;;;;;;;;;;+6;/p-6. The molecule has 0 bridgehead atoms. The number of hydrogen-bond donors (Lipinski definition) is 0. The Labute approximate surface area is 125 Å². The van der Waals surface area contributed by atoms with Crippen molar-refractivity contribution < 1.29 is 39.5 Å². The molecule has 0 spiro atoms. The van der Waals surface area contributed by atoms with Crippen LogP contribution in [0.5, 0.6) is 0 Å². The second-order valence-electron chi connectivity index (χ2n) is 0.758. The topological polar surface area (TPSA) is 189 Å². The molecule has 0 aliphatic rings. The van der Waals surface area contributed by atoms with Crippen molar-refractivity contribution >= 4 is 87.4 Å². The summed E-state index contributed by atoms with van der Waals surface area (Å²) in [5, 5.41) is 0. The summed E-state index contributed by atoms with van der Waals surface area (Å²) in [6.07, 6.45) is 0. The summed E-state index contributed by atoms with van der Waals surface area (Å²) < 4.78 is 0. The van der Waals surface area contributed by atoms with E-state index < -0.39 is 6.64 Å². The van der Waals surface area contributed by atoms with Crippen LogP contribution in [0.15, 0.2) is 0 Å². The normalized spacial score (nSPS) is 11.6. The van der Waals surface area contributed by atoms with Gasteiger partial charge in [0.15, 0.2) is 0 Å². The van der Waals surface area contributed by atoms with Crippen LogP contribution in [0.1, 0.15) is 0 Å². The van der Waals surface area contributed by atoms with Crippen LogP contribution < -0.4 is 0 Å². The van der Waals surface area contributed by atoms with E-state index in [2.05, 4.69) is 0 Å². The first-order valence-electron chi connectivity index (χ1n) is 0.802. The predicted molar refractivity (Wildman–Crippen MR) is 63.9 cm³/mol. The second kappa shape index (κ2) is 11.2. The Bertz CT molecular complexity index is 80.9. The van der Waals surface area contributed by atoms with Gasteiger partial charge in [-0.3, -0.25) is 0 Å². The van der Waals surface area contributed by atoms with Gasteiger partial charge in [0.25, 0.3) is 0 Å². The van der Waals surface area contributed by atoms with Crippen LogP contribution in [0.2, 0.25) is 0 Å². The van der Waals surface area contributed by atoms with Gasteiger partial charge in [0.2, 0.25) is 0 Å². The van der Waals surface area contributed by atoms with E-state index in [1.807, 2.05) is 0 Å². The molecule has 6 nitrogen and oxygen atoms in total. The third-order valence-electron chi connectivity index (χ3n) is 0. The fourth-order valence-electron chi connectivity index (χ4n) is 0. The molecule has 100 valence electrons. The van der Waals surface area contributed by atoms with E-state index in [0.29, 0.717) is 0 Å². The van der Waals surface area contributed by atoms with Crippen molar-refractivity contribution in [3.05, 3.63) is 0 Å². The molecule has 0 saturated heterocycles. The third-order valence-corrected chi connectivity index (χ3v) is 0. The maximum atomic E-state index is 5.06. The zero-order valence-corrected chi connectivity index (χ0v) is 12.7. The van der Waals surface area contributed by atoms with Crippen molar-refractivity contribution in [1.82, 2.24) is 0 Å². The van der Waals surface area contributed by atoms with Gasteiger partial charge < -0.3 is 32.9 Å². The van der Waals surface area contributed by atoms with Gasteiger partial charge in [-0.2, -0.15) is 0 Å².